The maximum atomic E-state index is 13.0. The van der Waals surface area contributed by atoms with Crippen molar-refractivity contribution in [3.8, 4) is 0 Å². The Balaban J connectivity index is 3.94. The summed E-state index contributed by atoms with van der Waals surface area (Å²) in [5, 5.41) is 14.0. The van der Waals surface area contributed by atoms with E-state index < -0.39 is 20.0 Å². The van der Waals surface area contributed by atoms with Gasteiger partial charge in [-0.15, -0.1) is 0 Å². The Morgan fingerprint density at radius 1 is 0.493 bits per heavy atom. The van der Waals surface area contributed by atoms with E-state index in [2.05, 4.69) is 43.5 Å². The zero-order valence-corrected chi connectivity index (χ0v) is 49.1. The van der Waals surface area contributed by atoms with Crippen molar-refractivity contribution in [1.82, 2.24) is 5.32 Å². The van der Waals surface area contributed by atoms with Crippen LogP contribution in [0.15, 0.2) is 24.3 Å². The normalized spacial score (nSPS) is 14.0. The van der Waals surface area contributed by atoms with Gasteiger partial charge in [-0.3, -0.25) is 9.36 Å². The lowest BCUT2D eigenvalue weighted by Crippen LogP contribution is -2.46. The molecule has 0 aromatic carbocycles. The molecule has 0 aromatic rings. The zero-order chi connectivity index (χ0) is 52.0. The molecule has 1 amide bonds. The molecule has 9 heteroatoms. The van der Waals surface area contributed by atoms with Crippen LogP contribution < -0.4 is 10.2 Å². The van der Waals surface area contributed by atoms with Crippen molar-refractivity contribution in [1.29, 1.82) is 0 Å². The van der Waals surface area contributed by atoms with E-state index in [1.807, 2.05) is 21.1 Å². The second-order valence-electron chi connectivity index (χ2n) is 22.8. The number of hydrogen-bond donors (Lipinski definition) is 2. The van der Waals surface area contributed by atoms with Gasteiger partial charge in [-0.2, -0.15) is 0 Å². The van der Waals surface area contributed by atoms with Crippen molar-refractivity contribution in [3.63, 3.8) is 0 Å². The summed E-state index contributed by atoms with van der Waals surface area (Å²) in [6.07, 6.45) is 68.1. The fourth-order valence-corrected chi connectivity index (χ4v) is 10.3. The van der Waals surface area contributed by atoms with Crippen LogP contribution in [0.25, 0.3) is 0 Å². The van der Waals surface area contributed by atoms with Crippen LogP contribution in [0.2, 0.25) is 0 Å². The number of aliphatic hydroxyl groups is 1. The number of quaternary nitrogens is 1. The second-order valence-corrected chi connectivity index (χ2v) is 24.2. The maximum absolute atomic E-state index is 13.0. The Hall–Kier alpha value is -1.02. The molecule has 0 saturated heterocycles. The molecule has 2 N–H and O–H groups in total. The largest absolute Gasteiger partial charge is 0.756 e. The van der Waals surface area contributed by atoms with E-state index in [1.54, 1.807) is 0 Å². The second kappa shape index (κ2) is 53.8. The summed E-state index contributed by atoms with van der Waals surface area (Å²) in [5.41, 5.74) is 0. The third-order valence-electron chi connectivity index (χ3n) is 14.4. The molecule has 0 aromatic heterocycles. The van der Waals surface area contributed by atoms with Crippen LogP contribution in [0.4, 0.5) is 0 Å². The van der Waals surface area contributed by atoms with Gasteiger partial charge in [-0.1, -0.05) is 289 Å². The third-order valence-corrected chi connectivity index (χ3v) is 15.4. The van der Waals surface area contributed by atoms with E-state index in [0.29, 0.717) is 23.9 Å². The van der Waals surface area contributed by atoms with Gasteiger partial charge < -0.3 is 28.8 Å². The molecule has 3 unspecified atom stereocenters. The van der Waals surface area contributed by atoms with Crippen molar-refractivity contribution >= 4 is 13.7 Å². The molecule has 422 valence electrons. The predicted octanol–water partition coefficient (Wildman–Crippen LogP) is 18.5. The number of allylic oxidation sites excluding steroid dienone is 4. The lowest BCUT2D eigenvalue weighted by atomic mass is 10.0. The molecule has 0 bridgehead atoms. The summed E-state index contributed by atoms with van der Waals surface area (Å²) in [6.45, 7) is 4.76. The smallest absolute Gasteiger partial charge is 0.268 e. The van der Waals surface area contributed by atoms with Crippen molar-refractivity contribution < 1.29 is 32.9 Å². The zero-order valence-electron chi connectivity index (χ0n) is 48.2. The highest BCUT2D eigenvalue weighted by Crippen LogP contribution is 2.38. The highest BCUT2D eigenvalue weighted by Gasteiger charge is 2.24. The quantitative estimate of drug-likeness (QED) is 0.0272. The highest BCUT2D eigenvalue weighted by atomic mass is 31.2. The molecule has 0 saturated carbocycles. The Morgan fingerprint density at radius 2 is 0.817 bits per heavy atom. The summed E-state index contributed by atoms with van der Waals surface area (Å²) >= 11 is 0. The fraction of sp³-hybridized carbons (Fsp3) is 0.919. The number of amides is 1. The number of hydrogen-bond acceptors (Lipinski definition) is 6. The number of carbonyl (C=O) groups excluding carboxylic acids is 1. The number of phosphoric ester groups is 1. The van der Waals surface area contributed by atoms with Gasteiger partial charge in [-0.05, 0) is 44.9 Å². The number of phosphoric acid groups is 1. The summed E-state index contributed by atoms with van der Waals surface area (Å²) in [4.78, 5) is 25.5. The minimum Gasteiger partial charge on any atom is -0.756 e. The molecule has 0 aliphatic rings. The van der Waals surface area contributed by atoms with E-state index in [0.717, 1.165) is 44.9 Å². The average molecular weight is 1020 g/mol. The van der Waals surface area contributed by atoms with Crippen LogP contribution in [-0.2, 0) is 18.4 Å². The van der Waals surface area contributed by atoms with Crippen LogP contribution in [0.3, 0.4) is 0 Å². The number of nitrogens with one attached hydrogen (secondary N) is 1. The molecule has 0 heterocycles. The Bertz CT molecular complexity index is 1210. The molecule has 0 aliphatic carbocycles. The molecule has 0 radical (unpaired) electrons. The monoisotopic (exact) mass is 1020 g/mol. The summed E-state index contributed by atoms with van der Waals surface area (Å²) in [7, 11) is 1.32. The van der Waals surface area contributed by atoms with Crippen LogP contribution in [0.5, 0.6) is 0 Å². The van der Waals surface area contributed by atoms with Crippen molar-refractivity contribution in [2.75, 3.05) is 40.9 Å². The average Bonchev–Trinajstić information content (AvgIpc) is 3.33. The Kier molecular flexibility index (Phi) is 53.0. The standard InChI is InChI=1S/C62H123N2O6P/c1-6-8-10-12-14-16-18-20-22-23-24-25-26-27-28-29-30-31-32-33-34-35-36-37-38-39-40-41-42-44-46-48-50-52-54-56-62(66)63-60(59-70-71(67,68)69-58-57-64(3,4)5)61(65)55-53-51-49-47-45-43-21-19-17-15-13-11-9-7-2/h26-27,29-30,60-61,65H,6-25,28,31-59H2,1-5H3,(H-,63,66,67,68)/b27-26-,30-29-. The van der Waals surface area contributed by atoms with Crippen molar-refractivity contribution in [2.24, 2.45) is 0 Å². The summed E-state index contributed by atoms with van der Waals surface area (Å²) < 4.78 is 23.4. The lowest BCUT2D eigenvalue weighted by molar-refractivity contribution is -0.870. The minimum absolute atomic E-state index is 0.0143. The van der Waals surface area contributed by atoms with Crippen LogP contribution >= 0.6 is 7.82 Å². The van der Waals surface area contributed by atoms with E-state index in [-0.39, 0.29) is 19.1 Å². The SMILES string of the molecule is CCCCCCCCCCCCC/C=C\C/C=C\CCCCCCCCCCCCCCCCCCCC(=O)NC(COP(=O)([O-])OCC[N+](C)(C)C)C(O)CCCCCCCCCCCCCCCC. The number of carbonyl (C=O) groups is 1. The van der Waals surface area contributed by atoms with Gasteiger partial charge in [0.05, 0.1) is 39.9 Å². The molecular weight excluding hydrogens is 900 g/mol. The van der Waals surface area contributed by atoms with Crippen molar-refractivity contribution in [3.05, 3.63) is 24.3 Å². The van der Waals surface area contributed by atoms with E-state index in [4.69, 9.17) is 9.05 Å². The molecule has 71 heavy (non-hydrogen) atoms. The minimum atomic E-state index is -4.57. The topological polar surface area (TPSA) is 108 Å². The fourth-order valence-electron chi connectivity index (χ4n) is 9.54. The van der Waals surface area contributed by atoms with E-state index in [1.165, 1.54) is 244 Å². The predicted molar refractivity (Wildman–Crippen MR) is 307 cm³/mol. The van der Waals surface area contributed by atoms with Crippen LogP contribution in [-0.4, -0.2) is 68.5 Å². The van der Waals surface area contributed by atoms with Gasteiger partial charge >= 0.3 is 0 Å². The van der Waals surface area contributed by atoms with Gasteiger partial charge in [0.25, 0.3) is 7.82 Å². The van der Waals surface area contributed by atoms with E-state index >= 15 is 0 Å². The molecule has 8 nitrogen and oxygen atoms in total. The van der Waals surface area contributed by atoms with Crippen LogP contribution in [0.1, 0.15) is 316 Å². The summed E-state index contributed by atoms with van der Waals surface area (Å²) in [5.74, 6) is -0.160. The van der Waals surface area contributed by atoms with Crippen molar-refractivity contribution in [2.45, 2.75) is 328 Å². The lowest BCUT2D eigenvalue weighted by Gasteiger charge is -2.30. The Morgan fingerprint density at radius 3 is 1.17 bits per heavy atom. The number of likely N-dealkylation sites (N-methyl/N-ethyl adjacent to an activating group) is 1. The molecule has 0 spiro atoms. The molecule has 0 aliphatic heterocycles. The highest BCUT2D eigenvalue weighted by molar-refractivity contribution is 7.45. The number of nitrogens with zero attached hydrogens (tertiary/aromatic N) is 1. The molecule has 3 atom stereocenters. The van der Waals surface area contributed by atoms with Gasteiger partial charge in [0.15, 0.2) is 0 Å². The first-order valence-corrected chi connectivity index (χ1v) is 32.6. The third kappa shape index (κ3) is 56.5. The molecule has 0 rings (SSSR count). The molecule has 0 fully saturated rings. The van der Waals surface area contributed by atoms with Gasteiger partial charge in [-0.25, -0.2) is 0 Å². The first-order valence-electron chi connectivity index (χ1n) is 31.2. The number of aliphatic hydroxyl groups excluding tert-OH is 1. The van der Waals surface area contributed by atoms with Gasteiger partial charge in [0, 0.05) is 6.42 Å². The van der Waals surface area contributed by atoms with E-state index in [9.17, 15) is 19.4 Å². The van der Waals surface area contributed by atoms with Crippen LogP contribution in [0, 0.1) is 0 Å². The summed E-state index contributed by atoms with van der Waals surface area (Å²) in [6, 6.07) is -0.798. The Labute approximate surface area is 443 Å². The molecular formula is C62H123N2O6P. The number of rotatable bonds is 58. The maximum Gasteiger partial charge on any atom is 0.268 e. The first kappa shape index (κ1) is 70.0. The number of unbranched alkanes of at least 4 members (excludes halogenated alkanes) is 41. The first-order chi connectivity index (χ1) is 34.5. The van der Waals surface area contributed by atoms with Gasteiger partial charge in [0.2, 0.25) is 5.91 Å². The van der Waals surface area contributed by atoms with Gasteiger partial charge in [0.1, 0.15) is 13.2 Å².